The summed E-state index contributed by atoms with van der Waals surface area (Å²) in [5, 5.41) is 18.3. The summed E-state index contributed by atoms with van der Waals surface area (Å²) in [6, 6.07) is 11.6. The van der Waals surface area contributed by atoms with E-state index in [4.69, 9.17) is 16.9 Å². The van der Waals surface area contributed by atoms with Crippen molar-refractivity contribution in [3.05, 3.63) is 52.7 Å². The third kappa shape index (κ3) is 2.71. The minimum absolute atomic E-state index is 0.0410. The summed E-state index contributed by atoms with van der Waals surface area (Å²) < 4.78 is 0. The minimum Gasteiger partial charge on any atom is -0.478 e. The molecule has 0 aliphatic heterocycles. The third-order valence-electron chi connectivity index (χ3n) is 2.75. The fourth-order valence-corrected chi connectivity index (χ4v) is 1.90. The van der Waals surface area contributed by atoms with E-state index in [9.17, 15) is 9.90 Å². The number of nitriles is 1. The van der Waals surface area contributed by atoms with Gasteiger partial charge in [-0.1, -0.05) is 17.7 Å². The predicted molar refractivity (Wildman–Crippen MR) is 75.4 cm³/mol. The standard InChI is InChI=1S/C14H10ClN3O2/c1-18(10-4-2-3-9(7-10)8-16)13-11(14(19)20)5-6-12(15)17-13/h2-7H,1H3,(H,19,20). The second-order valence-electron chi connectivity index (χ2n) is 4.03. The Morgan fingerprint density at radius 3 is 2.80 bits per heavy atom. The van der Waals surface area contributed by atoms with Gasteiger partial charge < -0.3 is 10.0 Å². The summed E-state index contributed by atoms with van der Waals surface area (Å²) in [7, 11) is 1.67. The normalized spacial score (nSPS) is 9.85. The first-order valence-corrected chi connectivity index (χ1v) is 6.04. The molecule has 0 amide bonds. The monoisotopic (exact) mass is 287 g/mol. The van der Waals surface area contributed by atoms with Crippen molar-refractivity contribution in [1.82, 2.24) is 4.98 Å². The molecule has 5 nitrogen and oxygen atoms in total. The summed E-state index contributed by atoms with van der Waals surface area (Å²) in [4.78, 5) is 16.9. The van der Waals surface area contributed by atoms with Crippen molar-refractivity contribution < 1.29 is 9.90 Å². The zero-order chi connectivity index (χ0) is 14.7. The van der Waals surface area contributed by atoms with E-state index in [-0.39, 0.29) is 16.5 Å². The van der Waals surface area contributed by atoms with Gasteiger partial charge in [-0.05, 0) is 30.3 Å². The van der Waals surface area contributed by atoms with Crippen LogP contribution in [-0.4, -0.2) is 23.1 Å². The number of benzene rings is 1. The van der Waals surface area contributed by atoms with E-state index in [0.29, 0.717) is 11.3 Å². The lowest BCUT2D eigenvalue weighted by atomic mass is 10.2. The molecule has 0 spiro atoms. The SMILES string of the molecule is CN(c1cccc(C#N)c1)c1nc(Cl)ccc1C(=O)O. The molecule has 1 heterocycles. The van der Waals surface area contributed by atoms with Crippen LogP contribution in [0.4, 0.5) is 11.5 Å². The molecule has 20 heavy (non-hydrogen) atoms. The van der Waals surface area contributed by atoms with Gasteiger partial charge in [0, 0.05) is 12.7 Å². The first-order valence-electron chi connectivity index (χ1n) is 5.66. The maximum atomic E-state index is 11.2. The number of carboxylic acid groups (broad SMARTS) is 1. The van der Waals surface area contributed by atoms with Gasteiger partial charge in [-0.2, -0.15) is 5.26 Å². The number of anilines is 2. The van der Waals surface area contributed by atoms with Crippen LogP contribution in [0.25, 0.3) is 0 Å². The van der Waals surface area contributed by atoms with Gasteiger partial charge in [-0.15, -0.1) is 0 Å². The molecule has 2 aromatic rings. The summed E-state index contributed by atoms with van der Waals surface area (Å²) in [6.07, 6.45) is 0. The second kappa shape index (κ2) is 5.59. The highest BCUT2D eigenvalue weighted by Crippen LogP contribution is 2.27. The van der Waals surface area contributed by atoms with E-state index in [0.717, 1.165) is 0 Å². The molecule has 0 bridgehead atoms. The van der Waals surface area contributed by atoms with Crippen LogP contribution >= 0.6 is 11.6 Å². The molecule has 0 saturated heterocycles. The first-order chi connectivity index (χ1) is 9.52. The molecule has 0 radical (unpaired) electrons. The summed E-state index contributed by atoms with van der Waals surface area (Å²) in [5.41, 5.74) is 1.17. The molecule has 6 heteroatoms. The summed E-state index contributed by atoms with van der Waals surface area (Å²) in [6.45, 7) is 0. The molecule has 0 aliphatic carbocycles. The summed E-state index contributed by atoms with van der Waals surface area (Å²) in [5.74, 6) is -0.868. The zero-order valence-corrected chi connectivity index (χ0v) is 11.3. The van der Waals surface area contributed by atoms with Gasteiger partial charge in [-0.25, -0.2) is 9.78 Å². The largest absolute Gasteiger partial charge is 0.478 e. The molecule has 0 unspecified atom stereocenters. The number of carbonyl (C=O) groups is 1. The van der Waals surface area contributed by atoms with Gasteiger partial charge in [0.15, 0.2) is 0 Å². The van der Waals surface area contributed by atoms with Crippen molar-refractivity contribution in [3.63, 3.8) is 0 Å². The van der Waals surface area contributed by atoms with E-state index in [1.165, 1.54) is 12.1 Å². The smallest absolute Gasteiger partial charge is 0.339 e. The Balaban J connectivity index is 2.52. The van der Waals surface area contributed by atoms with E-state index in [1.807, 2.05) is 6.07 Å². The number of hydrogen-bond acceptors (Lipinski definition) is 4. The van der Waals surface area contributed by atoms with E-state index >= 15 is 0 Å². The average molecular weight is 288 g/mol. The average Bonchev–Trinajstić information content (AvgIpc) is 2.46. The van der Waals surface area contributed by atoms with Crippen molar-refractivity contribution in [3.8, 4) is 6.07 Å². The molecule has 1 N–H and O–H groups in total. The zero-order valence-electron chi connectivity index (χ0n) is 10.5. The Morgan fingerprint density at radius 2 is 2.15 bits per heavy atom. The lowest BCUT2D eigenvalue weighted by Crippen LogP contribution is -2.16. The number of nitrogens with zero attached hydrogens (tertiary/aromatic N) is 3. The lowest BCUT2D eigenvalue weighted by Gasteiger charge is -2.20. The molecule has 0 atom stereocenters. The number of carboxylic acids is 1. The fraction of sp³-hybridized carbons (Fsp3) is 0.0714. The topological polar surface area (TPSA) is 77.2 Å². The van der Waals surface area contributed by atoms with Gasteiger partial charge in [0.05, 0.1) is 11.6 Å². The van der Waals surface area contributed by atoms with E-state index in [1.54, 1.807) is 36.2 Å². The first kappa shape index (κ1) is 13.8. The second-order valence-corrected chi connectivity index (χ2v) is 4.42. The number of rotatable bonds is 3. The Bertz CT molecular complexity index is 710. The van der Waals surface area contributed by atoms with Gasteiger partial charge in [0.1, 0.15) is 16.5 Å². The van der Waals surface area contributed by atoms with E-state index < -0.39 is 5.97 Å². The molecule has 100 valence electrons. The number of pyridine rings is 1. The Kier molecular flexibility index (Phi) is 3.87. The number of aromatic nitrogens is 1. The highest BCUT2D eigenvalue weighted by molar-refractivity contribution is 6.29. The van der Waals surface area contributed by atoms with Gasteiger partial charge in [0.25, 0.3) is 0 Å². The van der Waals surface area contributed by atoms with Crippen LogP contribution in [0, 0.1) is 11.3 Å². The highest BCUT2D eigenvalue weighted by atomic mass is 35.5. The third-order valence-corrected chi connectivity index (χ3v) is 2.96. The molecule has 1 aromatic carbocycles. The van der Waals surface area contributed by atoms with Crippen LogP contribution in [-0.2, 0) is 0 Å². The van der Waals surface area contributed by atoms with Crippen LogP contribution in [0.3, 0.4) is 0 Å². The van der Waals surface area contributed by atoms with Gasteiger partial charge in [-0.3, -0.25) is 0 Å². The highest BCUT2D eigenvalue weighted by Gasteiger charge is 2.17. The van der Waals surface area contributed by atoms with Crippen molar-refractivity contribution in [2.24, 2.45) is 0 Å². The number of hydrogen-bond donors (Lipinski definition) is 1. The van der Waals surface area contributed by atoms with Gasteiger partial charge >= 0.3 is 5.97 Å². The Hall–Kier alpha value is -2.58. The van der Waals surface area contributed by atoms with Crippen LogP contribution in [0.1, 0.15) is 15.9 Å². The number of aromatic carboxylic acids is 1. The number of halogens is 1. The quantitative estimate of drug-likeness (QED) is 0.878. The van der Waals surface area contributed by atoms with Gasteiger partial charge in [0.2, 0.25) is 0 Å². The molecule has 0 saturated carbocycles. The van der Waals surface area contributed by atoms with Crippen molar-refractivity contribution >= 4 is 29.1 Å². The fourth-order valence-electron chi connectivity index (χ4n) is 1.75. The van der Waals surface area contributed by atoms with Crippen molar-refractivity contribution in [2.75, 3.05) is 11.9 Å². The molecule has 0 fully saturated rings. The van der Waals surface area contributed by atoms with Crippen LogP contribution in [0.5, 0.6) is 0 Å². The Morgan fingerprint density at radius 1 is 1.40 bits per heavy atom. The molecule has 1 aromatic heterocycles. The molecule has 2 rings (SSSR count). The minimum atomic E-state index is -1.09. The summed E-state index contributed by atoms with van der Waals surface area (Å²) >= 11 is 5.83. The van der Waals surface area contributed by atoms with Crippen LogP contribution < -0.4 is 4.90 Å². The van der Waals surface area contributed by atoms with Crippen LogP contribution in [0.2, 0.25) is 5.15 Å². The van der Waals surface area contributed by atoms with Crippen LogP contribution in [0.15, 0.2) is 36.4 Å². The van der Waals surface area contributed by atoms with Crippen molar-refractivity contribution in [1.29, 1.82) is 5.26 Å². The molecular weight excluding hydrogens is 278 g/mol. The Labute approximate surface area is 120 Å². The lowest BCUT2D eigenvalue weighted by molar-refractivity contribution is 0.0697. The van der Waals surface area contributed by atoms with E-state index in [2.05, 4.69) is 4.98 Å². The molecule has 0 aliphatic rings. The maximum Gasteiger partial charge on any atom is 0.339 e. The van der Waals surface area contributed by atoms with Crippen molar-refractivity contribution in [2.45, 2.75) is 0 Å². The maximum absolute atomic E-state index is 11.2. The molecular formula is C14H10ClN3O2. The predicted octanol–water partition coefficient (Wildman–Crippen LogP) is 3.07.